The molecule has 1 fully saturated rings. The molecule has 0 aliphatic carbocycles. The largest absolute Gasteiger partial charge is 0.472 e. The van der Waals surface area contributed by atoms with Crippen LogP contribution in [0.3, 0.4) is 0 Å². The fraction of sp³-hybridized carbons (Fsp3) is 0.545. The van der Waals surface area contributed by atoms with Crippen molar-refractivity contribution in [1.29, 1.82) is 0 Å². The van der Waals surface area contributed by atoms with E-state index in [1.165, 1.54) is 17.2 Å². The van der Waals surface area contributed by atoms with E-state index < -0.39 is 39.0 Å². The summed E-state index contributed by atoms with van der Waals surface area (Å²) in [6.45, 7) is -0.550. The summed E-state index contributed by atoms with van der Waals surface area (Å²) in [5, 5.41) is 19.8. The number of hydrogen-bond acceptors (Lipinski definition) is 10. The van der Waals surface area contributed by atoms with Crippen LogP contribution in [0, 0.1) is 0 Å². The van der Waals surface area contributed by atoms with Gasteiger partial charge in [-0.15, -0.1) is 0 Å². The number of anilines is 1. The van der Waals surface area contributed by atoms with Crippen LogP contribution in [-0.2, 0) is 18.3 Å². The first-order valence-corrected chi connectivity index (χ1v) is 8.32. The number of ether oxygens (including phenoxy) is 1. The SMILES string of the molecule is COP(=O)(O)O[C@@H]1[C@@H](CO)OC(n2cnc3c(N)ncnc32)[C@@H]1O. The number of aliphatic hydroxyl groups excluding tert-OH is 2. The number of nitrogens with two attached hydrogens (primary N) is 1. The smallest absolute Gasteiger partial charge is 0.394 e. The molecule has 24 heavy (non-hydrogen) atoms. The van der Waals surface area contributed by atoms with Gasteiger partial charge < -0.3 is 25.6 Å². The van der Waals surface area contributed by atoms with Gasteiger partial charge in [0.2, 0.25) is 0 Å². The van der Waals surface area contributed by atoms with Crippen molar-refractivity contribution < 1.29 is 33.5 Å². The molecule has 3 rings (SSSR count). The Morgan fingerprint density at radius 3 is 2.88 bits per heavy atom. The molecule has 0 radical (unpaired) electrons. The highest BCUT2D eigenvalue weighted by atomic mass is 31.2. The van der Waals surface area contributed by atoms with E-state index in [0.29, 0.717) is 11.2 Å². The minimum absolute atomic E-state index is 0.150. The molecule has 0 bridgehead atoms. The molecule has 2 unspecified atom stereocenters. The number of nitrogen functional groups attached to an aromatic ring is 1. The van der Waals surface area contributed by atoms with Gasteiger partial charge in [-0.05, 0) is 0 Å². The standard InChI is InChI=1S/C11H16N5O7P/c1-21-24(19,20)23-8-5(2-17)22-11(7(8)18)16-4-15-6-9(12)13-3-14-10(6)16/h3-5,7-8,11,17-18H,2H2,1H3,(H,19,20)(H2,12,13,14)/t5-,7-,8-,11?/m1/s1. The Bertz CT molecular complexity index is 785. The lowest BCUT2D eigenvalue weighted by Gasteiger charge is -2.21. The van der Waals surface area contributed by atoms with Crippen LogP contribution in [0.4, 0.5) is 5.82 Å². The number of imidazole rings is 1. The molecular formula is C11H16N5O7P. The number of aliphatic hydroxyl groups is 2. The van der Waals surface area contributed by atoms with E-state index in [-0.39, 0.29) is 5.82 Å². The summed E-state index contributed by atoms with van der Waals surface area (Å²) < 4.78 is 27.7. The molecule has 12 nitrogen and oxygen atoms in total. The van der Waals surface area contributed by atoms with Gasteiger partial charge in [0.1, 0.15) is 30.2 Å². The molecule has 132 valence electrons. The number of rotatable bonds is 5. The molecule has 0 aromatic carbocycles. The van der Waals surface area contributed by atoms with Gasteiger partial charge in [0.05, 0.1) is 12.9 Å². The highest BCUT2D eigenvalue weighted by molar-refractivity contribution is 7.47. The molecule has 3 heterocycles. The van der Waals surface area contributed by atoms with Gasteiger partial charge in [-0.2, -0.15) is 0 Å². The maximum absolute atomic E-state index is 11.6. The second kappa shape index (κ2) is 6.33. The quantitative estimate of drug-likeness (QED) is 0.470. The van der Waals surface area contributed by atoms with Crippen molar-refractivity contribution in [2.75, 3.05) is 19.5 Å². The molecule has 13 heteroatoms. The number of phosphoric acid groups is 1. The van der Waals surface area contributed by atoms with E-state index in [4.69, 9.17) is 15.0 Å². The van der Waals surface area contributed by atoms with Crippen LogP contribution in [0.25, 0.3) is 11.2 Å². The molecule has 0 amide bonds. The molecule has 5 N–H and O–H groups in total. The molecule has 2 aromatic rings. The fourth-order valence-corrected chi connectivity index (χ4v) is 3.13. The van der Waals surface area contributed by atoms with Gasteiger partial charge in [0.15, 0.2) is 17.7 Å². The van der Waals surface area contributed by atoms with Crippen LogP contribution in [0.5, 0.6) is 0 Å². The topological polar surface area (TPSA) is 175 Å². The lowest BCUT2D eigenvalue weighted by atomic mass is 10.1. The maximum Gasteiger partial charge on any atom is 0.472 e. The van der Waals surface area contributed by atoms with Crippen molar-refractivity contribution in [1.82, 2.24) is 19.5 Å². The van der Waals surface area contributed by atoms with E-state index in [1.54, 1.807) is 0 Å². The zero-order valence-corrected chi connectivity index (χ0v) is 13.4. The van der Waals surface area contributed by atoms with Crippen molar-refractivity contribution in [3.63, 3.8) is 0 Å². The van der Waals surface area contributed by atoms with Crippen LogP contribution in [0.2, 0.25) is 0 Å². The van der Waals surface area contributed by atoms with Crippen molar-refractivity contribution in [3.8, 4) is 0 Å². The molecule has 0 saturated carbocycles. The molecule has 1 aliphatic rings. The molecule has 0 spiro atoms. The van der Waals surface area contributed by atoms with Crippen LogP contribution >= 0.6 is 7.82 Å². The Balaban J connectivity index is 1.94. The monoisotopic (exact) mass is 361 g/mol. The van der Waals surface area contributed by atoms with Crippen molar-refractivity contribution >= 4 is 24.8 Å². The summed E-state index contributed by atoms with van der Waals surface area (Å²) in [6, 6.07) is 0. The normalized spacial score (nSPS) is 29.8. The summed E-state index contributed by atoms with van der Waals surface area (Å²) in [7, 11) is -3.41. The lowest BCUT2D eigenvalue weighted by Crippen LogP contribution is -2.35. The summed E-state index contributed by atoms with van der Waals surface area (Å²) in [5.41, 5.74) is 6.31. The summed E-state index contributed by atoms with van der Waals surface area (Å²) in [5.74, 6) is 0.150. The number of phosphoric ester groups is 1. The van der Waals surface area contributed by atoms with E-state index >= 15 is 0 Å². The zero-order chi connectivity index (χ0) is 17.5. The lowest BCUT2D eigenvalue weighted by molar-refractivity contribution is -0.0510. The number of nitrogens with zero attached hydrogens (tertiary/aromatic N) is 4. The summed E-state index contributed by atoms with van der Waals surface area (Å²) >= 11 is 0. The highest BCUT2D eigenvalue weighted by Gasteiger charge is 2.48. The predicted molar refractivity (Wildman–Crippen MR) is 78.4 cm³/mol. The average molecular weight is 361 g/mol. The van der Waals surface area contributed by atoms with E-state index in [9.17, 15) is 19.7 Å². The summed E-state index contributed by atoms with van der Waals surface area (Å²) in [6.07, 6.45) is -2.27. The van der Waals surface area contributed by atoms with Crippen LogP contribution in [0.15, 0.2) is 12.7 Å². The van der Waals surface area contributed by atoms with E-state index in [2.05, 4.69) is 19.5 Å². The third kappa shape index (κ3) is 2.89. The van der Waals surface area contributed by atoms with Crippen molar-refractivity contribution in [2.24, 2.45) is 0 Å². The first kappa shape index (κ1) is 17.2. The minimum Gasteiger partial charge on any atom is -0.394 e. The number of fused-ring (bicyclic) bond motifs is 1. The Morgan fingerprint density at radius 1 is 1.46 bits per heavy atom. The van der Waals surface area contributed by atoms with Crippen LogP contribution in [-0.4, -0.2) is 66.7 Å². The highest BCUT2D eigenvalue weighted by Crippen LogP contribution is 2.47. The fourth-order valence-electron chi connectivity index (χ4n) is 2.48. The van der Waals surface area contributed by atoms with Gasteiger partial charge in [-0.3, -0.25) is 13.6 Å². The van der Waals surface area contributed by atoms with Gasteiger partial charge in [-0.1, -0.05) is 0 Å². The van der Waals surface area contributed by atoms with Gasteiger partial charge in [0.25, 0.3) is 0 Å². The molecule has 2 aromatic heterocycles. The Morgan fingerprint density at radius 2 is 2.21 bits per heavy atom. The average Bonchev–Trinajstić information content (AvgIpc) is 3.10. The van der Waals surface area contributed by atoms with Gasteiger partial charge in [0, 0.05) is 7.11 Å². The second-order valence-corrected chi connectivity index (χ2v) is 6.56. The van der Waals surface area contributed by atoms with Crippen molar-refractivity contribution in [2.45, 2.75) is 24.5 Å². The number of aromatic nitrogens is 4. The van der Waals surface area contributed by atoms with E-state index in [1.807, 2.05) is 0 Å². The Labute approximate surface area is 135 Å². The molecule has 5 atom stereocenters. The summed E-state index contributed by atoms with van der Waals surface area (Å²) in [4.78, 5) is 21.3. The second-order valence-electron chi connectivity index (χ2n) is 5.04. The third-order valence-electron chi connectivity index (χ3n) is 3.64. The maximum atomic E-state index is 11.6. The predicted octanol–water partition coefficient (Wildman–Crippen LogP) is -1.21. The Hall–Kier alpha value is -1.66. The van der Waals surface area contributed by atoms with Crippen molar-refractivity contribution in [3.05, 3.63) is 12.7 Å². The molecule has 1 saturated heterocycles. The first-order chi connectivity index (χ1) is 11.4. The Kier molecular flexibility index (Phi) is 4.53. The van der Waals surface area contributed by atoms with Crippen LogP contribution < -0.4 is 5.73 Å². The van der Waals surface area contributed by atoms with Gasteiger partial charge >= 0.3 is 7.82 Å². The molecular weight excluding hydrogens is 345 g/mol. The molecule has 1 aliphatic heterocycles. The number of hydrogen-bond donors (Lipinski definition) is 4. The van der Waals surface area contributed by atoms with Gasteiger partial charge in [-0.25, -0.2) is 19.5 Å². The van der Waals surface area contributed by atoms with Crippen LogP contribution in [0.1, 0.15) is 6.23 Å². The third-order valence-corrected chi connectivity index (χ3v) is 4.61. The zero-order valence-electron chi connectivity index (χ0n) is 12.5. The first-order valence-electron chi connectivity index (χ1n) is 6.82. The minimum atomic E-state index is -4.39. The van der Waals surface area contributed by atoms with E-state index in [0.717, 1.165) is 7.11 Å².